The minimum absolute atomic E-state index is 0.0198. The zero-order valence-electron chi connectivity index (χ0n) is 21.3. The summed E-state index contributed by atoms with van der Waals surface area (Å²) >= 11 is 0. The molecule has 2 aromatic carbocycles. The number of phenolic OH excluding ortho intramolecular Hbond substituents is 2. The standard InChI is InChI=1S/C27H34N6O4/c1-18-15-22(24(35)16-23(18)34)25-28-29-27(37)33(25)21-5-3-19(4-6-21)17-31-9-7-20(8-10-31)26(36)32-13-11-30(2)12-14-32/h3-6,15-16,20,34-35H,7-14,17H2,1-2H3,(H,29,37). The zero-order chi connectivity index (χ0) is 26.1. The Balaban J connectivity index is 1.23. The average molecular weight is 507 g/mol. The van der Waals surface area contributed by atoms with E-state index in [1.54, 1.807) is 13.0 Å². The van der Waals surface area contributed by atoms with Crippen molar-refractivity contribution in [2.24, 2.45) is 5.92 Å². The Hall–Kier alpha value is -3.63. The second-order valence-electron chi connectivity index (χ2n) is 10.2. The number of carbonyl (C=O) groups is 1. The fraction of sp³-hybridized carbons (Fsp3) is 0.444. The second-order valence-corrected chi connectivity index (χ2v) is 10.2. The molecule has 0 aliphatic carbocycles. The number of aryl methyl sites for hydroxylation is 1. The summed E-state index contributed by atoms with van der Waals surface area (Å²) in [6.07, 6.45) is 1.77. The molecular weight excluding hydrogens is 472 g/mol. The maximum absolute atomic E-state index is 12.9. The Bertz CT molecular complexity index is 1260. The minimum Gasteiger partial charge on any atom is -0.508 e. The number of amides is 1. The maximum Gasteiger partial charge on any atom is 0.319 e. The van der Waals surface area contributed by atoms with Gasteiger partial charge in [-0.15, -0.1) is 5.10 Å². The topological polar surface area (TPSA) is 118 Å². The van der Waals surface area contributed by atoms with Crippen LogP contribution in [0.3, 0.4) is 0 Å². The molecule has 3 aromatic rings. The molecule has 3 heterocycles. The number of rotatable bonds is 5. The van der Waals surface area contributed by atoms with Crippen LogP contribution in [-0.2, 0) is 11.3 Å². The highest BCUT2D eigenvalue weighted by molar-refractivity contribution is 5.79. The predicted octanol–water partition coefficient (Wildman–Crippen LogP) is 2.35. The third kappa shape index (κ3) is 5.26. The Morgan fingerprint density at radius 2 is 1.59 bits per heavy atom. The molecule has 0 bridgehead atoms. The molecule has 0 unspecified atom stereocenters. The molecule has 2 saturated heterocycles. The first-order valence-corrected chi connectivity index (χ1v) is 12.8. The van der Waals surface area contributed by atoms with Crippen LogP contribution in [0.1, 0.15) is 24.0 Å². The van der Waals surface area contributed by atoms with E-state index in [9.17, 15) is 20.1 Å². The summed E-state index contributed by atoms with van der Waals surface area (Å²) in [7, 11) is 2.10. The lowest BCUT2D eigenvalue weighted by atomic mass is 9.94. The fourth-order valence-electron chi connectivity index (χ4n) is 5.18. The van der Waals surface area contributed by atoms with Gasteiger partial charge in [-0.2, -0.15) is 0 Å². The van der Waals surface area contributed by atoms with Crippen LogP contribution in [-0.4, -0.2) is 97.0 Å². The fourth-order valence-corrected chi connectivity index (χ4v) is 5.18. The number of piperazine rings is 1. The smallest absolute Gasteiger partial charge is 0.319 e. The Morgan fingerprint density at radius 3 is 2.27 bits per heavy atom. The zero-order valence-corrected chi connectivity index (χ0v) is 21.3. The Kier molecular flexibility index (Phi) is 7.03. The summed E-state index contributed by atoms with van der Waals surface area (Å²) in [6, 6.07) is 10.3. The van der Waals surface area contributed by atoms with E-state index in [1.807, 2.05) is 29.2 Å². The Labute approximate surface area is 216 Å². The molecule has 3 N–H and O–H groups in total. The Morgan fingerprint density at radius 1 is 0.919 bits per heavy atom. The number of carbonyl (C=O) groups excluding carboxylic acids is 1. The first-order valence-electron chi connectivity index (χ1n) is 12.8. The largest absolute Gasteiger partial charge is 0.508 e. The van der Waals surface area contributed by atoms with Crippen LogP contribution < -0.4 is 0 Å². The summed E-state index contributed by atoms with van der Waals surface area (Å²) in [5, 5.41) is 38.4. The van der Waals surface area contributed by atoms with Gasteiger partial charge in [0.2, 0.25) is 5.91 Å². The van der Waals surface area contributed by atoms with Gasteiger partial charge in [0.25, 0.3) is 0 Å². The number of nitrogens with zero attached hydrogens (tertiary/aromatic N) is 6. The lowest BCUT2D eigenvalue weighted by Gasteiger charge is -2.37. The van der Waals surface area contributed by atoms with Gasteiger partial charge in [0, 0.05) is 44.7 Å². The number of hydrogen-bond donors (Lipinski definition) is 3. The van der Waals surface area contributed by atoms with E-state index in [4.69, 9.17) is 0 Å². The molecule has 5 rings (SSSR count). The van der Waals surface area contributed by atoms with Crippen molar-refractivity contribution in [1.29, 1.82) is 0 Å². The van der Waals surface area contributed by atoms with E-state index in [0.29, 0.717) is 22.7 Å². The van der Waals surface area contributed by atoms with Gasteiger partial charge in [0.15, 0.2) is 5.82 Å². The highest BCUT2D eigenvalue weighted by atomic mass is 16.3. The highest BCUT2D eigenvalue weighted by Gasteiger charge is 2.30. The molecule has 196 valence electrons. The van der Waals surface area contributed by atoms with Crippen molar-refractivity contribution >= 4 is 5.91 Å². The molecule has 0 radical (unpaired) electrons. The molecule has 10 nitrogen and oxygen atoms in total. The number of likely N-dealkylation sites (N-methyl/N-ethyl adjacent to an activating group) is 1. The van der Waals surface area contributed by atoms with Crippen LogP contribution in [0.2, 0.25) is 0 Å². The summed E-state index contributed by atoms with van der Waals surface area (Å²) in [4.78, 5) is 19.6. The molecular formula is C27H34N6O4. The van der Waals surface area contributed by atoms with Crippen LogP contribution >= 0.6 is 0 Å². The lowest BCUT2D eigenvalue weighted by Crippen LogP contribution is -2.50. The molecule has 0 saturated carbocycles. The third-order valence-electron chi connectivity index (χ3n) is 7.55. The number of likely N-dealkylation sites (tertiary alicyclic amines) is 1. The van der Waals surface area contributed by atoms with Gasteiger partial charge >= 0.3 is 6.01 Å². The van der Waals surface area contributed by atoms with E-state index in [0.717, 1.165) is 64.2 Å². The van der Waals surface area contributed by atoms with Gasteiger partial charge < -0.3 is 25.1 Å². The molecule has 37 heavy (non-hydrogen) atoms. The van der Waals surface area contributed by atoms with Gasteiger partial charge in [0.1, 0.15) is 11.5 Å². The van der Waals surface area contributed by atoms with Crippen molar-refractivity contribution in [2.45, 2.75) is 26.3 Å². The first kappa shape index (κ1) is 25.0. The second kappa shape index (κ2) is 10.4. The number of piperidine rings is 1. The normalized spacial score (nSPS) is 17.8. The van der Waals surface area contributed by atoms with Crippen LogP contribution in [0.15, 0.2) is 36.4 Å². The molecule has 10 heteroatoms. The number of phenols is 2. The summed E-state index contributed by atoms with van der Waals surface area (Å²) in [5.41, 5.74) is 2.72. The van der Waals surface area contributed by atoms with Gasteiger partial charge in [-0.05, 0) is 69.2 Å². The van der Waals surface area contributed by atoms with E-state index in [-0.39, 0.29) is 29.3 Å². The molecule has 1 amide bonds. The molecule has 2 fully saturated rings. The van der Waals surface area contributed by atoms with Crippen molar-refractivity contribution in [2.75, 3.05) is 46.3 Å². The molecule has 0 atom stereocenters. The van der Waals surface area contributed by atoms with Crippen molar-refractivity contribution in [3.05, 3.63) is 47.5 Å². The van der Waals surface area contributed by atoms with Crippen molar-refractivity contribution in [3.8, 4) is 34.6 Å². The minimum atomic E-state index is -0.292. The predicted molar refractivity (Wildman–Crippen MR) is 139 cm³/mol. The molecule has 1 aromatic heterocycles. The van der Waals surface area contributed by atoms with Crippen LogP contribution in [0.4, 0.5) is 0 Å². The summed E-state index contributed by atoms with van der Waals surface area (Å²) in [6.45, 7) is 7.85. The van der Waals surface area contributed by atoms with Gasteiger partial charge in [-0.1, -0.05) is 17.2 Å². The number of aromatic nitrogens is 3. The maximum atomic E-state index is 12.9. The van der Waals surface area contributed by atoms with E-state index in [1.165, 1.54) is 10.6 Å². The monoisotopic (exact) mass is 506 g/mol. The molecule has 2 aliphatic rings. The SMILES string of the molecule is Cc1cc(-c2nnc(O)n2-c2ccc(CN3CCC(C(=O)N4CCN(C)CC4)CC3)cc2)c(O)cc1O. The highest BCUT2D eigenvalue weighted by Crippen LogP contribution is 2.36. The van der Waals surface area contributed by atoms with Crippen molar-refractivity contribution in [1.82, 2.24) is 29.5 Å². The number of aromatic hydroxyl groups is 3. The summed E-state index contributed by atoms with van der Waals surface area (Å²) in [5.74, 6) is 0.545. The van der Waals surface area contributed by atoms with Crippen LogP contribution in [0.25, 0.3) is 17.1 Å². The van der Waals surface area contributed by atoms with E-state index >= 15 is 0 Å². The first-order chi connectivity index (χ1) is 17.8. The lowest BCUT2D eigenvalue weighted by molar-refractivity contribution is -0.138. The van der Waals surface area contributed by atoms with Gasteiger partial charge in [-0.3, -0.25) is 9.69 Å². The third-order valence-corrected chi connectivity index (χ3v) is 7.55. The van der Waals surface area contributed by atoms with Crippen molar-refractivity contribution < 1.29 is 20.1 Å². The van der Waals surface area contributed by atoms with Crippen LogP contribution in [0.5, 0.6) is 17.5 Å². The van der Waals surface area contributed by atoms with Crippen LogP contribution in [0, 0.1) is 12.8 Å². The molecule has 2 aliphatic heterocycles. The average Bonchev–Trinajstić information content (AvgIpc) is 3.28. The quantitative estimate of drug-likeness (QED) is 0.483. The van der Waals surface area contributed by atoms with E-state index in [2.05, 4.69) is 27.0 Å². The van der Waals surface area contributed by atoms with E-state index < -0.39 is 0 Å². The number of benzene rings is 2. The number of hydrogen-bond acceptors (Lipinski definition) is 8. The molecule has 0 spiro atoms. The van der Waals surface area contributed by atoms with Crippen molar-refractivity contribution in [3.63, 3.8) is 0 Å². The summed E-state index contributed by atoms with van der Waals surface area (Å²) < 4.78 is 1.46. The van der Waals surface area contributed by atoms with Gasteiger partial charge in [0.05, 0.1) is 11.3 Å². The van der Waals surface area contributed by atoms with Gasteiger partial charge in [-0.25, -0.2) is 4.57 Å².